The van der Waals surface area contributed by atoms with Crippen molar-refractivity contribution in [2.75, 3.05) is 0 Å². The van der Waals surface area contributed by atoms with Gasteiger partial charge in [-0.3, -0.25) is 19.6 Å². The lowest BCUT2D eigenvalue weighted by Gasteiger charge is -2.07. The molecule has 0 bridgehead atoms. The third-order valence-corrected chi connectivity index (χ3v) is 7.36. The number of nitro benzene ring substituents is 1. The van der Waals surface area contributed by atoms with E-state index in [2.05, 4.69) is 5.10 Å². The SMILES string of the molecule is Cc1c(N=c2scc(-c3cc4ccccc4o3)n2N=Cc2ccccc2[N+](=O)[O-])c(=O)n(-c2ccccc2)n1C. The van der Waals surface area contributed by atoms with Crippen molar-refractivity contribution in [3.63, 3.8) is 0 Å². The maximum atomic E-state index is 13.5. The van der Waals surface area contributed by atoms with Crippen molar-refractivity contribution in [3.05, 3.63) is 127 Å². The Bertz CT molecular complexity index is 2010. The van der Waals surface area contributed by atoms with Gasteiger partial charge in [0.2, 0.25) is 4.80 Å². The topological polar surface area (TPSA) is 113 Å². The van der Waals surface area contributed by atoms with Gasteiger partial charge in [-0.15, -0.1) is 11.3 Å². The molecule has 3 aromatic carbocycles. The zero-order valence-electron chi connectivity index (χ0n) is 21.5. The van der Waals surface area contributed by atoms with Gasteiger partial charge in [-0.05, 0) is 37.3 Å². The fourth-order valence-electron chi connectivity index (χ4n) is 4.43. The molecule has 6 rings (SSSR count). The van der Waals surface area contributed by atoms with Gasteiger partial charge in [0.15, 0.2) is 11.4 Å². The van der Waals surface area contributed by atoms with Crippen molar-refractivity contribution in [3.8, 4) is 17.1 Å². The largest absolute Gasteiger partial charge is 0.454 e. The molecule has 0 aliphatic rings. The van der Waals surface area contributed by atoms with Crippen LogP contribution >= 0.6 is 11.3 Å². The standard InChI is InChI=1S/C29H22N6O4S/c1-19-27(28(36)34(32(19)2)22-12-4-3-5-13-22)31-29-33(30-17-21-11-6-8-14-23(21)35(37)38)24(18-40-29)26-16-20-10-7-9-15-25(20)39-26/h3-18H,1-2H3. The maximum Gasteiger partial charge on any atom is 0.297 e. The first kappa shape index (κ1) is 25.0. The lowest BCUT2D eigenvalue weighted by Crippen LogP contribution is -2.19. The molecular weight excluding hydrogens is 528 g/mol. The van der Waals surface area contributed by atoms with Crippen LogP contribution in [0.1, 0.15) is 11.3 Å². The van der Waals surface area contributed by atoms with Gasteiger partial charge < -0.3 is 4.42 Å². The van der Waals surface area contributed by atoms with Gasteiger partial charge in [-0.1, -0.05) is 48.5 Å². The number of benzene rings is 3. The van der Waals surface area contributed by atoms with Gasteiger partial charge >= 0.3 is 0 Å². The number of rotatable bonds is 6. The van der Waals surface area contributed by atoms with E-state index in [0.29, 0.717) is 33.1 Å². The Morgan fingerprint density at radius 1 is 1.00 bits per heavy atom. The number of furan rings is 1. The molecule has 0 unspecified atom stereocenters. The summed E-state index contributed by atoms with van der Waals surface area (Å²) in [6, 6.07) is 25.2. The fourth-order valence-corrected chi connectivity index (χ4v) is 5.25. The molecule has 3 heterocycles. The molecule has 0 saturated carbocycles. The Kier molecular flexibility index (Phi) is 6.33. The number of nitrogens with zero attached hydrogens (tertiary/aromatic N) is 6. The monoisotopic (exact) mass is 550 g/mol. The van der Waals surface area contributed by atoms with Crippen molar-refractivity contribution >= 4 is 39.9 Å². The van der Waals surface area contributed by atoms with E-state index in [-0.39, 0.29) is 16.9 Å². The van der Waals surface area contributed by atoms with Crippen LogP contribution in [0.2, 0.25) is 0 Å². The molecule has 0 atom stereocenters. The highest BCUT2D eigenvalue weighted by Crippen LogP contribution is 2.28. The number of nitro groups is 1. The summed E-state index contributed by atoms with van der Waals surface area (Å²) >= 11 is 1.28. The number of hydrogen-bond donors (Lipinski definition) is 0. The minimum Gasteiger partial charge on any atom is -0.454 e. The molecule has 11 heteroatoms. The molecule has 0 amide bonds. The van der Waals surface area contributed by atoms with Crippen LogP contribution in [0, 0.1) is 17.0 Å². The van der Waals surface area contributed by atoms with Crippen LogP contribution in [0.15, 0.2) is 110 Å². The van der Waals surface area contributed by atoms with Crippen LogP contribution in [-0.4, -0.2) is 25.2 Å². The molecule has 0 fully saturated rings. The highest BCUT2D eigenvalue weighted by atomic mass is 32.1. The second kappa shape index (κ2) is 10.1. The predicted molar refractivity (Wildman–Crippen MR) is 155 cm³/mol. The number of fused-ring (bicyclic) bond motifs is 1. The van der Waals surface area contributed by atoms with Crippen LogP contribution in [0.4, 0.5) is 11.4 Å². The van der Waals surface area contributed by atoms with Crippen molar-refractivity contribution < 1.29 is 9.34 Å². The Labute approximate surface area is 231 Å². The van der Waals surface area contributed by atoms with Gasteiger partial charge in [-0.25, -0.2) is 14.4 Å². The molecule has 0 saturated heterocycles. The summed E-state index contributed by atoms with van der Waals surface area (Å²) in [4.78, 5) is 29.8. The molecular formula is C29H22N6O4S. The molecule has 0 radical (unpaired) electrons. The Hall–Kier alpha value is -5.29. The number of para-hydroxylation sites is 3. The van der Waals surface area contributed by atoms with Gasteiger partial charge in [0.05, 0.1) is 28.1 Å². The van der Waals surface area contributed by atoms with Crippen LogP contribution in [-0.2, 0) is 7.05 Å². The van der Waals surface area contributed by atoms with Crippen molar-refractivity contribution in [1.29, 1.82) is 0 Å². The van der Waals surface area contributed by atoms with Gasteiger partial charge in [0.1, 0.15) is 11.3 Å². The number of aromatic nitrogens is 3. The van der Waals surface area contributed by atoms with Crippen molar-refractivity contribution in [2.24, 2.45) is 17.1 Å². The molecule has 40 heavy (non-hydrogen) atoms. The van der Waals surface area contributed by atoms with Gasteiger partial charge in [-0.2, -0.15) is 5.10 Å². The van der Waals surface area contributed by atoms with Crippen LogP contribution in [0.5, 0.6) is 0 Å². The molecule has 198 valence electrons. The number of thiazole rings is 1. The quantitative estimate of drug-likeness (QED) is 0.149. The zero-order valence-corrected chi connectivity index (χ0v) is 22.3. The second-order valence-electron chi connectivity index (χ2n) is 8.95. The van der Waals surface area contributed by atoms with E-state index < -0.39 is 4.92 Å². The van der Waals surface area contributed by atoms with Crippen LogP contribution in [0.25, 0.3) is 28.1 Å². The van der Waals surface area contributed by atoms with E-state index in [4.69, 9.17) is 9.41 Å². The Morgan fingerprint density at radius 2 is 1.73 bits per heavy atom. The minimum absolute atomic E-state index is 0.0736. The third-order valence-electron chi connectivity index (χ3n) is 6.54. The first-order valence-electron chi connectivity index (χ1n) is 12.3. The Morgan fingerprint density at radius 3 is 2.50 bits per heavy atom. The van der Waals surface area contributed by atoms with Gasteiger partial charge in [0, 0.05) is 23.9 Å². The summed E-state index contributed by atoms with van der Waals surface area (Å²) in [7, 11) is 1.80. The summed E-state index contributed by atoms with van der Waals surface area (Å²) in [5, 5.41) is 18.9. The number of hydrogen-bond acceptors (Lipinski definition) is 7. The van der Waals surface area contributed by atoms with E-state index in [1.807, 2.05) is 73.0 Å². The van der Waals surface area contributed by atoms with Crippen LogP contribution < -0.4 is 10.4 Å². The molecule has 6 aromatic rings. The second-order valence-corrected chi connectivity index (χ2v) is 9.78. The summed E-state index contributed by atoms with van der Waals surface area (Å²) in [6.45, 7) is 1.83. The average molecular weight is 551 g/mol. The summed E-state index contributed by atoms with van der Waals surface area (Å²) < 4.78 is 10.9. The van der Waals surface area contributed by atoms with Crippen LogP contribution in [0.3, 0.4) is 0 Å². The predicted octanol–water partition coefficient (Wildman–Crippen LogP) is 5.78. The van der Waals surface area contributed by atoms with E-state index >= 15 is 0 Å². The summed E-state index contributed by atoms with van der Waals surface area (Å²) in [5.41, 5.74) is 2.93. The third kappa shape index (κ3) is 4.37. The smallest absolute Gasteiger partial charge is 0.297 e. The Balaban J connectivity index is 1.56. The molecule has 0 aliphatic heterocycles. The highest BCUT2D eigenvalue weighted by molar-refractivity contribution is 7.07. The lowest BCUT2D eigenvalue weighted by atomic mass is 10.2. The maximum absolute atomic E-state index is 13.5. The average Bonchev–Trinajstić information content (AvgIpc) is 3.63. The van der Waals surface area contributed by atoms with E-state index in [9.17, 15) is 14.9 Å². The first-order chi connectivity index (χ1) is 19.4. The fraction of sp³-hybridized carbons (Fsp3) is 0.0690. The summed E-state index contributed by atoms with van der Waals surface area (Å²) in [5.74, 6) is 0.546. The first-order valence-corrected chi connectivity index (χ1v) is 13.2. The molecule has 10 nitrogen and oxygen atoms in total. The molecule has 3 aromatic heterocycles. The van der Waals surface area contributed by atoms with E-state index in [1.54, 1.807) is 34.6 Å². The van der Waals surface area contributed by atoms with Crippen molar-refractivity contribution in [1.82, 2.24) is 14.0 Å². The van der Waals surface area contributed by atoms with E-state index in [1.165, 1.54) is 28.3 Å². The molecule has 0 aliphatic carbocycles. The lowest BCUT2D eigenvalue weighted by molar-refractivity contribution is -0.385. The molecule has 0 spiro atoms. The summed E-state index contributed by atoms with van der Waals surface area (Å²) in [6.07, 6.45) is 1.41. The van der Waals surface area contributed by atoms with Gasteiger partial charge in [0.25, 0.3) is 11.2 Å². The van der Waals surface area contributed by atoms with Crippen molar-refractivity contribution in [2.45, 2.75) is 6.92 Å². The normalized spacial score (nSPS) is 12.1. The minimum atomic E-state index is -0.454. The van der Waals surface area contributed by atoms with E-state index in [0.717, 1.165) is 11.1 Å². The molecule has 0 N–H and O–H groups in total. The zero-order chi connectivity index (χ0) is 27.8. The highest BCUT2D eigenvalue weighted by Gasteiger charge is 2.18.